The van der Waals surface area contributed by atoms with Crippen LogP contribution in [-0.2, 0) is 22.4 Å². The van der Waals surface area contributed by atoms with Gasteiger partial charge in [-0.25, -0.2) is 0 Å². The van der Waals surface area contributed by atoms with Crippen molar-refractivity contribution in [2.75, 3.05) is 23.9 Å². The second-order valence-electron chi connectivity index (χ2n) is 7.22. The summed E-state index contributed by atoms with van der Waals surface area (Å²) in [6.07, 6.45) is 1.71. The first kappa shape index (κ1) is 21.3. The van der Waals surface area contributed by atoms with Gasteiger partial charge < -0.3 is 15.0 Å². The van der Waals surface area contributed by atoms with E-state index in [2.05, 4.69) is 15.5 Å². The van der Waals surface area contributed by atoms with E-state index in [0.717, 1.165) is 29.3 Å². The quantitative estimate of drug-likeness (QED) is 0.581. The highest BCUT2D eigenvalue weighted by Gasteiger charge is 2.35. The van der Waals surface area contributed by atoms with Crippen molar-refractivity contribution < 1.29 is 14.3 Å². The van der Waals surface area contributed by atoms with E-state index in [4.69, 9.17) is 16.3 Å². The fraction of sp³-hybridized carbons (Fsp3) is 0.273. The van der Waals surface area contributed by atoms with Crippen LogP contribution in [0.2, 0.25) is 5.02 Å². The lowest BCUT2D eigenvalue weighted by Gasteiger charge is -2.16. The summed E-state index contributed by atoms with van der Waals surface area (Å²) in [4.78, 5) is 26.6. The molecule has 0 bridgehead atoms. The second kappa shape index (κ2) is 9.45. The fourth-order valence-electron chi connectivity index (χ4n) is 3.41. The maximum absolute atomic E-state index is 12.7. The summed E-state index contributed by atoms with van der Waals surface area (Å²) in [6.45, 7) is 0.329. The molecule has 0 aliphatic carbocycles. The van der Waals surface area contributed by atoms with Crippen molar-refractivity contribution in [1.29, 1.82) is 0 Å². The number of halogens is 1. The summed E-state index contributed by atoms with van der Waals surface area (Å²) < 4.78 is 5.17. The number of benzene rings is 2. The van der Waals surface area contributed by atoms with E-state index >= 15 is 0 Å². The first-order chi connectivity index (χ1) is 15.0. The Labute approximate surface area is 189 Å². The zero-order valence-corrected chi connectivity index (χ0v) is 18.4. The van der Waals surface area contributed by atoms with Crippen LogP contribution < -0.4 is 15.0 Å². The maximum Gasteiger partial charge on any atom is 0.231 e. The smallest absolute Gasteiger partial charge is 0.231 e. The molecule has 2 amide bonds. The molecule has 1 saturated heterocycles. The number of ether oxygens (including phenoxy) is 1. The predicted molar refractivity (Wildman–Crippen MR) is 121 cm³/mol. The van der Waals surface area contributed by atoms with Gasteiger partial charge in [-0.2, -0.15) is 0 Å². The number of amides is 2. The van der Waals surface area contributed by atoms with Gasteiger partial charge in [-0.3, -0.25) is 9.59 Å². The Morgan fingerprint density at radius 2 is 1.90 bits per heavy atom. The van der Waals surface area contributed by atoms with E-state index < -0.39 is 5.92 Å². The van der Waals surface area contributed by atoms with Gasteiger partial charge in [-0.1, -0.05) is 35.1 Å². The number of nitrogens with zero attached hydrogens (tertiary/aromatic N) is 3. The average Bonchev–Trinajstić information content (AvgIpc) is 3.39. The SMILES string of the molecule is COc1ccc(CCc2nnc(NC(=O)C3CC(=O)N(c4ccc(Cl)cc4)C3)s2)cc1. The summed E-state index contributed by atoms with van der Waals surface area (Å²) >= 11 is 7.27. The summed E-state index contributed by atoms with van der Waals surface area (Å²) in [7, 11) is 1.64. The molecular formula is C22H21ClN4O3S. The Morgan fingerprint density at radius 3 is 2.61 bits per heavy atom. The molecule has 1 aromatic heterocycles. The molecule has 9 heteroatoms. The van der Waals surface area contributed by atoms with E-state index in [-0.39, 0.29) is 18.2 Å². The molecule has 31 heavy (non-hydrogen) atoms. The van der Waals surface area contributed by atoms with Crippen LogP contribution in [0.1, 0.15) is 17.0 Å². The average molecular weight is 457 g/mol. The lowest BCUT2D eigenvalue weighted by atomic mass is 10.1. The number of aromatic nitrogens is 2. The minimum Gasteiger partial charge on any atom is -0.497 e. The van der Waals surface area contributed by atoms with E-state index in [9.17, 15) is 9.59 Å². The highest BCUT2D eigenvalue weighted by atomic mass is 35.5. The van der Waals surface area contributed by atoms with Crippen LogP contribution in [0.15, 0.2) is 48.5 Å². The summed E-state index contributed by atoms with van der Waals surface area (Å²) in [6, 6.07) is 14.9. The molecule has 1 atom stereocenters. The molecule has 0 radical (unpaired) electrons. The molecular weight excluding hydrogens is 436 g/mol. The van der Waals surface area contributed by atoms with Gasteiger partial charge in [0.1, 0.15) is 10.8 Å². The van der Waals surface area contributed by atoms with Crippen molar-refractivity contribution in [3.8, 4) is 5.75 Å². The van der Waals surface area contributed by atoms with Gasteiger partial charge in [-0.15, -0.1) is 10.2 Å². The number of aryl methyl sites for hydroxylation is 2. The zero-order valence-electron chi connectivity index (χ0n) is 16.9. The van der Waals surface area contributed by atoms with Crippen molar-refractivity contribution >= 4 is 45.6 Å². The van der Waals surface area contributed by atoms with E-state index in [0.29, 0.717) is 16.7 Å². The molecule has 1 N–H and O–H groups in total. The topological polar surface area (TPSA) is 84.4 Å². The van der Waals surface area contributed by atoms with Crippen molar-refractivity contribution in [1.82, 2.24) is 10.2 Å². The lowest BCUT2D eigenvalue weighted by Crippen LogP contribution is -2.28. The molecule has 4 rings (SSSR count). The predicted octanol–water partition coefficient (Wildman–Crippen LogP) is 3.98. The lowest BCUT2D eigenvalue weighted by molar-refractivity contribution is -0.122. The van der Waals surface area contributed by atoms with Crippen molar-refractivity contribution in [2.45, 2.75) is 19.3 Å². The summed E-state index contributed by atoms with van der Waals surface area (Å²) in [5.41, 5.74) is 1.91. The van der Waals surface area contributed by atoms with E-state index in [1.54, 1.807) is 36.3 Å². The third-order valence-electron chi connectivity index (χ3n) is 5.12. The normalized spacial score (nSPS) is 15.9. The first-order valence-corrected chi connectivity index (χ1v) is 11.0. The Morgan fingerprint density at radius 1 is 1.16 bits per heavy atom. The van der Waals surface area contributed by atoms with Crippen LogP contribution in [-0.4, -0.2) is 35.7 Å². The highest BCUT2D eigenvalue weighted by molar-refractivity contribution is 7.15. The van der Waals surface area contributed by atoms with E-state index in [1.165, 1.54) is 16.9 Å². The number of carbonyl (C=O) groups is 2. The van der Waals surface area contributed by atoms with Gasteiger partial charge in [-0.05, 0) is 48.4 Å². The molecule has 7 nitrogen and oxygen atoms in total. The minimum absolute atomic E-state index is 0.0834. The van der Waals surface area contributed by atoms with Gasteiger partial charge in [0.15, 0.2) is 0 Å². The molecule has 1 unspecified atom stereocenters. The monoisotopic (exact) mass is 456 g/mol. The van der Waals surface area contributed by atoms with Crippen molar-refractivity contribution in [2.24, 2.45) is 5.92 Å². The number of nitrogens with one attached hydrogen (secondary N) is 1. The number of methoxy groups -OCH3 is 1. The number of anilines is 2. The molecule has 0 spiro atoms. The number of hydrogen-bond acceptors (Lipinski definition) is 6. The van der Waals surface area contributed by atoms with Crippen molar-refractivity contribution in [3.05, 3.63) is 64.1 Å². The Hall–Kier alpha value is -2.97. The molecule has 2 aromatic carbocycles. The Kier molecular flexibility index (Phi) is 6.48. The molecule has 3 aromatic rings. The highest BCUT2D eigenvalue weighted by Crippen LogP contribution is 2.27. The molecule has 160 valence electrons. The standard InChI is InChI=1S/C22H21ClN4O3S/c1-30-18-9-2-14(3-10-18)4-11-19-25-26-22(31-19)24-21(29)15-12-20(28)27(13-15)17-7-5-16(23)6-8-17/h2-3,5-10,15H,4,11-13H2,1H3,(H,24,26,29). The van der Waals surface area contributed by atoms with Crippen LogP contribution in [0.5, 0.6) is 5.75 Å². The molecule has 1 aliphatic rings. The fourth-order valence-corrected chi connectivity index (χ4v) is 4.28. The van der Waals surface area contributed by atoms with Crippen molar-refractivity contribution in [3.63, 3.8) is 0 Å². The Balaban J connectivity index is 1.31. The van der Waals surface area contributed by atoms with Crippen LogP contribution in [0, 0.1) is 5.92 Å². The molecule has 1 fully saturated rings. The maximum atomic E-state index is 12.7. The largest absolute Gasteiger partial charge is 0.497 e. The first-order valence-electron chi connectivity index (χ1n) is 9.84. The number of carbonyl (C=O) groups excluding carboxylic acids is 2. The molecule has 1 aliphatic heterocycles. The number of hydrogen-bond donors (Lipinski definition) is 1. The third kappa shape index (κ3) is 5.21. The molecule has 0 saturated carbocycles. The van der Waals surface area contributed by atoms with Gasteiger partial charge in [0, 0.05) is 30.1 Å². The zero-order chi connectivity index (χ0) is 21.8. The molecule has 2 heterocycles. The van der Waals surface area contributed by atoms with Gasteiger partial charge >= 0.3 is 0 Å². The van der Waals surface area contributed by atoms with Crippen LogP contribution >= 0.6 is 22.9 Å². The van der Waals surface area contributed by atoms with Gasteiger partial charge in [0.25, 0.3) is 0 Å². The summed E-state index contributed by atoms with van der Waals surface area (Å²) in [5.74, 6) is 0.0853. The van der Waals surface area contributed by atoms with Crippen LogP contribution in [0.25, 0.3) is 0 Å². The van der Waals surface area contributed by atoms with Crippen LogP contribution in [0.3, 0.4) is 0 Å². The van der Waals surface area contributed by atoms with Gasteiger partial charge in [0.05, 0.1) is 13.0 Å². The summed E-state index contributed by atoms with van der Waals surface area (Å²) in [5, 5.41) is 13.0. The minimum atomic E-state index is -0.435. The Bertz CT molecular complexity index is 1070. The second-order valence-corrected chi connectivity index (χ2v) is 8.72. The number of rotatable bonds is 7. The van der Waals surface area contributed by atoms with Gasteiger partial charge in [0.2, 0.25) is 16.9 Å². The van der Waals surface area contributed by atoms with E-state index in [1.807, 2.05) is 24.3 Å². The van der Waals surface area contributed by atoms with Crippen LogP contribution in [0.4, 0.5) is 10.8 Å². The third-order valence-corrected chi connectivity index (χ3v) is 6.27.